The minimum atomic E-state index is -0.0342. The maximum absolute atomic E-state index is 13.5. The fourth-order valence-corrected chi connectivity index (χ4v) is 7.53. The quantitative estimate of drug-likeness (QED) is 0.742. The molecule has 5 nitrogen and oxygen atoms in total. The Labute approximate surface area is 178 Å². The molecule has 2 amide bonds. The minimum absolute atomic E-state index is 0.0342. The summed E-state index contributed by atoms with van der Waals surface area (Å²) in [5.74, 6) is 3.03. The van der Waals surface area contributed by atoms with Gasteiger partial charge in [0.2, 0.25) is 11.8 Å². The Kier molecular flexibility index (Phi) is 5.19. The fourth-order valence-electron chi connectivity index (χ4n) is 6.87. The highest BCUT2D eigenvalue weighted by atomic mass is 32.1. The standard InChI is InChI=1S/C23H33N3O2S/c1-24(14-17-2-7-29-16-17)21(27)15-25-3-5-26(6-4-25)22(28)23-11-18-8-19(12-23)10-20(9-18)13-23/h2,7,16,18-20H,3-6,8-15H2,1H3. The Morgan fingerprint density at radius 2 is 1.69 bits per heavy atom. The van der Waals surface area contributed by atoms with E-state index in [0.717, 1.165) is 63.2 Å². The van der Waals surface area contributed by atoms with Crippen molar-refractivity contribution < 1.29 is 9.59 Å². The number of carbonyl (C=O) groups excluding carboxylic acids is 2. The van der Waals surface area contributed by atoms with Gasteiger partial charge in [0, 0.05) is 39.8 Å². The summed E-state index contributed by atoms with van der Waals surface area (Å²) < 4.78 is 0. The number of likely N-dealkylation sites (N-methyl/N-ethyl adjacent to an activating group) is 1. The van der Waals surface area contributed by atoms with Gasteiger partial charge in [-0.25, -0.2) is 0 Å². The summed E-state index contributed by atoms with van der Waals surface area (Å²) in [6.07, 6.45) is 7.56. The van der Waals surface area contributed by atoms with E-state index in [0.29, 0.717) is 19.0 Å². The van der Waals surface area contributed by atoms with Crippen molar-refractivity contribution in [3.63, 3.8) is 0 Å². The van der Waals surface area contributed by atoms with Crippen molar-refractivity contribution in [2.45, 2.75) is 45.1 Å². The van der Waals surface area contributed by atoms with Crippen LogP contribution in [0, 0.1) is 23.2 Å². The molecule has 0 spiro atoms. The Balaban J connectivity index is 1.13. The van der Waals surface area contributed by atoms with Crippen molar-refractivity contribution in [1.29, 1.82) is 0 Å². The van der Waals surface area contributed by atoms with Crippen molar-refractivity contribution >= 4 is 23.2 Å². The second kappa shape index (κ2) is 7.69. The Hall–Kier alpha value is -1.40. The second-order valence-electron chi connectivity index (χ2n) is 10.1. The van der Waals surface area contributed by atoms with Crippen molar-refractivity contribution in [2.24, 2.45) is 23.2 Å². The maximum Gasteiger partial charge on any atom is 0.236 e. The summed E-state index contributed by atoms with van der Waals surface area (Å²) in [6.45, 7) is 4.32. The molecule has 0 atom stereocenters. The normalized spacial score (nSPS) is 33.8. The zero-order valence-electron chi connectivity index (χ0n) is 17.5. The van der Waals surface area contributed by atoms with Crippen LogP contribution in [0.25, 0.3) is 0 Å². The topological polar surface area (TPSA) is 43.9 Å². The molecule has 4 saturated carbocycles. The van der Waals surface area contributed by atoms with Gasteiger partial charge in [0.15, 0.2) is 0 Å². The molecule has 4 aliphatic carbocycles. The molecular formula is C23H33N3O2S. The van der Waals surface area contributed by atoms with E-state index in [2.05, 4.69) is 21.2 Å². The highest BCUT2D eigenvalue weighted by molar-refractivity contribution is 7.07. The molecule has 5 aliphatic rings. The van der Waals surface area contributed by atoms with Crippen LogP contribution in [0.5, 0.6) is 0 Å². The Bertz CT molecular complexity index is 719. The van der Waals surface area contributed by atoms with Crippen molar-refractivity contribution in [2.75, 3.05) is 39.8 Å². The summed E-state index contributed by atoms with van der Waals surface area (Å²) in [6, 6.07) is 2.07. The van der Waals surface area contributed by atoms with Gasteiger partial charge in [-0.3, -0.25) is 14.5 Å². The molecule has 0 unspecified atom stereocenters. The lowest BCUT2D eigenvalue weighted by Crippen LogP contribution is -2.58. The largest absolute Gasteiger partial charge is 0.340 e. The summed E-state index contributed by atoms with van der Waals surface area (Å²) in [5.41, 5.74) is 1.16. The van der Waals surface area contributed by atoms with E-state index >= 15 is 0 Å². The van der Waals surface area contributed by atoms with Gasteiger partial charge in [-0.2, -0.15) is 11.3 Å². The van der Waals surface area contributed by atoms with Crippen molar-refractivity contribution in [3.8, 4) is 0 Å². The SMILES string of the molecule is CN(Cc1ccsc1)C(=O)CN1CCN(C(=O)C23CC4CC(CC(C4)C2)C3)CC1. The summed E-state index contributed by atoms with van der Waals surface area (Å²) in [7, 11) is 1.88. The molecule has 4 bridgehead atoms. The third-order valence-corrected chi connectivity index (χ3v) is 8.67. The first-order chi connectivity index (χ1) is 14.0. The Morgan fingerprint density at radius 1 is 1.07 bits per heavy atom. The van der Waals surface area contributed by atoms with Gasteiger partial charge in [0.25, 0.3) is 0 Å². The number of piperazine rings is 1. The van der Waals surface area contributed by atoms with Crippen LogP contribution in [0.4, 0.5) is 0 Å². The number of rotatable bonds is 5. The molecular weight excluding hydrogens is 382 g/mol. The summed E-state index contributed by atoms with van der Waals surface area (Å²) in [5, 5.41) is 4.15. The van der Waals surface area contributed by atoms with Crippen LogP contribution in [-0.4, -0.2) is 66.3 Å². The molecule has 29 heavy (non-hydrogen) atoms. The number of amides is 2. The predicted octanol–water partition coefficient (Wildman–Crippen LogP) is 3.07. The zero-order valence-corrected chi connectivity index (χ0v) is 18.3. The fraction of sp³-hybridized carbons (Fsp3) is 0.739. The lowest BCUT2D eigenvalue weighted by atomic mass is 9.49. The summed E-state index contributed by atoms with van der Waals surface area (Å²) in [4.78, 5) is 32.2. The van der Waals surface area contributed by atoms with Gasteiger partial charge in [0.1, 0.15) is 0 Å². The van der Waals surface area contributed by atoms with Gasteiger partial charge in [0.05, 0.1) is 12.0 Å². The third kappa shape index (κ3) is 3.86. The van der Waals surface area contributed by atoms with Gasteiger partial charge < -0.3 is 9.80 Å². The maximum atomic E-state index is 13.5. The number of nitrogens with zero attached hydrogens (tertiary/aromatic N) is 3. The molecule has 2 heterocycles. The first-order valence-corrected chi connectivity index (χ1v) is 12.2. The molecule has 6 rings (SSSR count). The molecule has 0 aromatic carbocycles. The van der Waals surface area contributed by atoms with Gasteiger partial charge in [-0.1, -0.05) is 0 Å². The first-order valence-electron chi connectivity index (χ1n) is 11.3. The molecule has 6 heteroatoms. The van der Waals surface area contributed by atoms with E-state index in [1.165, 1.54) is 24.8 Å². The van der Waals surface area contributed by atoms with Crippen molar-refractivity contribution in [3.05, 3.63) is 22.4 Å². The van der Waals surface area contributed by atoms with Crippen LogP contribution in [0.3, 0.4) is 0 Å². The second-order valence-corrected chi connectivity index (χ2v) is 10.9. The average Bonchev–Trinajstić information content (AvgIpc) is 3.20. The van der Waals surface area contributed by atoms with E-state index in [1.807, 2.05) is 17.3 Å². The Morgan fingerprint density at radius 3 is 2.24 bits per heavy atom. The van der Waals surface area contributed by atoms with Gasteiger partial charge >= 0.3 is 0 Å². The molecule has 0 N–H and O–H groups in total. The third-order valence-electron chi connectivity index (χ3n) is 7.94. The monoisotopic (exact) mass is 415 g/mol. The van der Waals surface area contributed by atoms with E-state index in [-0.39, 0.29) is 11.3 Å². The van der Waals surface area contributed by atoms with Crippen LogP contribution in [-0.2, 0) is 16.1 Å². The number of thiophene rings is 1. The number of carbonyl (C=O) groups is 2. The van der Waals surface area contributed by atoms with Crippen LogP contribution in [0.2, 0.25) is 0 Å². The molecule has 5 fully saturated rings. The smallest absolute Gasteiger partial charge is 0.236 e. The van der Waals surface area contributed by atoms with E-state index < -0.39 is 0 Å². The lowest BCUT2D eigenvalue weighted by Gasteiger charge is -2.57. The lowest BCUT2D eigenvalue weighted by molar-refractivity contribution is -0.159. The molecule has 1 saturated heterocycles. The molecule has 1 aromatic rings. The van der Waals surface area contributed by atoms with Crippen LogP contribution < -0.4 is 0 Å². The molecule has 158 valence electrons. The van der Waals surface area contributed by atoms with Crippen molar-refractivity contribution in [1.82, 2.24) is 14.7 Å². The molecule has 1 aromatic heterocycles. The first kappa shape index (κ1) is 19.6. The highest BCUT2D eigenvalue weighted by Crippen LogP contribution is 2.60. The van der Waals surface area contributed by atoms with Crippen LogP contribution in [0.1, 0.15) is 44.1 Å². The number of hydrogen-bond donors (Lipinski definition) is 0. The minimum Gasteiger partial charge on any atom is -0.340 e. The van der Waals surface area contributed by atoms with Gasteiger partial charge in [-0.05, 0) is 78.7 Å². The van der Waals surface area contributed by atoms with Gasteiger partial charge in [-0.15, -0.1) is 0 Å². The van der Waals surface area contributed by atoms with Crippen LogP contribution in [0.15, 0.2) is 16.8 Å². The number of hydrogen-bond acceptors (Lipinski definition) is 4. The van der Waals surface area contributed by atoms with E-state index in [9.17, 15) is 9.59 Å². The predicted molar refractivity (Wildman–Crippen MR) is 114 cm³/mol. The van der Waals surface area contributed by atoms with Crippen LogP contribution >= 0.6 is 11.3 Å². The average molecular weight is 416 g/mol. The summed E-state index contributed by atoms with van der Waals surface area (Å²) >= 11 is 1.67. The molecule has 0 radical (unpaired) electrons. The molecule has 1 aliphatic heterocycles. The van der Waals surface area contributed by atoms with E-state index in [4.69, 9.17) is 0 Å². The zero-order chi connectivity index (χ0) is 20.0. The highest BCUT2D eigenvalue weighted by Gasteiger charge is 2.55. The van der Waals surface area contributed by atoms with E-state index in [1.54, 1.807) is 11.3 Å².